The number of ether oxygens (including phenoxy) is 1. The van der Waals surface area contributed by atoms with E-state index >= 15 is 0 Å². The maximum absolute atomic E-state index is 12.3. The highest BCUT2D eigenvalue weighted by Gasteiger charge is 2.18. The van der Waals surface area contributed by atoms with E-state index < -0.39 is 11.9 Å². The van der Waals surface area contributed by atoms with Crippen LogP contribution < -0.4 is 10.2 Å². The molecular weight excluding hydrogens is 434 g/mol. The van der Waals surface area contributed by atoms with E-state index in [1.807, 2.05) is 31.2 Å². The first-order valence-electron chi connectivity index (χ1n) is 8.74. The maximum atomic E-state index is 12.3. The molecule has 7 nitrogen and oxygen atoms in total. The van der Waals surface area contributed by atoms with Gasteiger partial charge >= 0.3 is 5.97 Å². The van der Waals surface area contributed by atoms with Crippen molar-refractivity contribution in [3.05, 3.63) is 45.2 Å². The number of anilines is 1. The Hall–Kier alpha value is -2.49. The Kier molecular flexibility index (Phi) is 6.83. The van der Waals surface area contributed by atoms with Crippen LogP contribution in [0.2, 0.25) is 5.02 Å². The minimum Gasteiger partial charge on any atom is -0.458 e. The standard InChI is InChI=1S/C19H18ClN3O4S2/c1-3-23(11(2)24)19-22-12(10-28-19)9-27-15(25)8-21-18(26)17-16(20)13-6-4-5-7-14(13)29-17/h4-7,10H,3,8-9H2,1-2H3,(H,21,26). The molecule has 0 fully saturated rings. The number of carbonyl (C=O) groups is 3. The number of aromatic nitrogens is 1. The first-order valence-corrected chi connectivity index (χ1v) is 10.8. The molecule has 3 rings (SSSR count). The van der Waals surface area contributed by atoms with E-state index in [2.05, 4.69) is 10.3 Å². The number of hydrogen-bond acceptors (Lipinski definition) is 7. The Morgan fingerprint density at radius 1 is 1.28 bits per heavy atom. The summed E-state index contributed by atoms with van der Waals surface area (Å²) in [4.78, 5) is 42.0. The van der Waals surface area contributed by atoms with Gasteiger partial charge in [-0.05, 0) is 13.0 Å². The van der Waals surface area contributed by atoms with Gasteiger partial charge in [0, 0.05) is 28.9 Å². The van der Waals surface area contributed by atoms with Crippen LogP contribution in [0.1, 0.15) is 29.2 Å². The third kappa shape index (κ3) is 4.92. The highest BCUT2D eigenvalue weighted by atomic mass is 35.5. The number of nitrogens with one attached hydrogen (secondary N) is 1. The predicted molar refractivity (Wildman–Crippen MR) is 115 cm³/mol. The van der Waals surface area contributed by atoms with Gasteiger partial charge in [0.25, 0.3) is 5.91 Å². The lowest BCUT2D eigenvalue weighted by Crippen LogP contribution is -2.30. The number of carbonyl (C=O) groups excluding carboxylic acids is 3. The van der Waals surface area contributed by atoms with Crippen molar-refractivity contribution in [3.63, 3.8) is 0 Å². The molecule has 2 aromatic heterocycles. The van der Waals surface area contributed by atoms with Crippen molar-refractivity contribution in [1.82, 2.24) is 10.3 Å². The minimum atomic E-state index is -0.593. The number of amides is 2. The first-order chi connectivity index (χ1) is 13.9. The average Bonchev–Trinajstić information content (AvgIpc) is 3.30. The van der Waals surface area contributed by atoms with E-state index in [0.717, 1.165) is 10.1 Å². The van der Waals surface area contributed by atoms with Crippen LogP contribution >= 0.6 is 34.3 Å². The molecule has 2 heterocycles. The quantitative estimate of drug-likeness (QED) is 0.551. The van der Waals surface area contributed by atoms with Crippen molar-refractivity contribution in [3.8, 4) is 0 Å². The third-order valence-electron chi connectivity index (χ3n) is 3.98. The van der Waals surface area contributed by atoms with Crippen LogP contribution in [-0.4, -0.2) is 35.9 Å². The number of hydrogen-bond donors (Lipinski definition) is 1. The van der Waals surface area contributed by atoms with E-state index in [0.29, 0.717) is 27.3 Å². The van der Waals surface area contributed by atoms with Crippen LogP contribution in [-0.2, 0) is 20.9 Å². The Balaban J connectivity index is 1.52. The fourth-order valence-electron chi connectivity index (χ4n) is 2.58. The number of rotatable bonds is 7. The number of esters is 1. The van der Waals surface area contributed by atoms with Crippen LogP contribution in [0.4, 0.5) is 5.13 Å². The lowest BCUT2D eigenvalue weighted by molar-refractivity contribution is -0.143. The Labute approximate surface area is 180 Å². The molecule has 3 aromatic rings. The molecule has 29 heavy (non-hydrogen) atoms. The van der Waals surface area contributed by atoms with E-state index in [9.17, 15) is 14.4 Å². The van der Waals surface area contributed by atoms with E-state index in [1.165, 1.54) is 34.5 Å². The highest BCUT2D eigenvalue weighted by Crippen LogP contribution is 2.34. The Bertz CT molecular complexity index is 1060. The molecule has 10 heteroatoms. The second-order valence-electron chi connectivity index (χ2n) is 5.97. The van der Waals surface area contributed by atoms with Crippen LogP contribution in [0.15, 0.2) is 29.6 Å². The van der Waals surface area contributed by atoms with Gasteiger partial charge in [0.15, 0.2) is 5.13 Å². The summed E-state index contributed by atoms with van der Waals surface area (Å²) in [5.74, 6) is -1.12. The minimum absolute atomic E-state index is 0.0374. The molecule has 1 aromatic carbocycles. The third-order valence-corrected chi connectivity index (χ3v) is 6.57. The molecule has 0 saturated heterocycles. The summed E-state index contributed by atoms with van der Waals surface area (Å²) in [6, 6.07) is 7.44. The van der Waals surface area contributed by atoms with Gasteiger partial charge in [0.2, 0.25) is 5.91 Å². The largest absolute Gasteiger partial charge is 0.458 e. The molecule has 0 unspecified atom stereocenters. The predicted octanol–water partition coefficient (Wildman–Crippen LogP) is 3.86. The zero-order valence-corrected chi connectivity index (χ0v) is 18.1. The van der Waals surface area contributed by atoms with Gasteiger partial charge in [0.1, 0.15) is 18.0 Å². The molecule has 0 aliphatic rings. The molecule has 0 aliphatic carbocycles. The van der Waals surface area contributed by atoms with Crippen molar-refractivity contribution in [1.29, 1.82) is 0 Å². The van der Waals surface area contributed by atoms with E-state index in [-0.39, 0.29) is 19.1 Å². The number of thiophene rings is 1. The van der Waals surface area contributed by atoms with Crippen molar-refractivity contribution in [2.24, 2.45) is 0 Å². The molecule has 2 amide bonds. The number of nitrogens with zero attached hydrogens (tertiary/aromatic N) is 2. The molecule has 1 N–H and O–H groups in total. The van der Waals surface area contributed by atoms with Crippen LogP contribution in [0, 0.1) is 0 Å². The monoisotopic (exact) mass is 451 g/mol. The fourth-order valence-corrected chi connectivity index (χ4v) is 4.93. The number of halogens is 1. The summed E-state index contributed by atoms with van der Waals surface area (Å²) in [5, 5.41) is 5.98. The first kappa shape index (κ1) is 21.2. The lowest BCUT2D eigenvalue weighted by atomic mass is 10.2. The summed E-state index contributed by atoms with van der Waals surface area (Å²) >= 11 is 8.84. The number of fused-ring (bicyclic) bond motifs is 1. The van der Waals surface area contributed by atoms with Gasteiger partial charge < -0.3 is 10.1 Å². The van der Waals surface area contributed by atoms with Crippen molar-refractivity contribution >= 4 is 67.3 Å². The zero-order chi connectivity index (χ0) is 21.0. The number of thiazole rings is 1. The molecule has 0 aliphatic heterocycles. The van der Waals surface area contributed by atoms with Gasteiger partial charge in [-0.25, -0.2) is 4.98 Å². The summed E-state index contributed by atoms with van der Waals surface area (Å²) in [5.41, 5.74) is 0.539. The Morgan fingerprint density at radius 2 is 2.03 bits per heavy atom. The molecular formula is C19H18ClN3O4S2. The topological polar surface area (TPSA) is 88.6 Å². The summed E-state index contributed by atoms with van der Waals surface area (Å²) in [6.45, 7) is 3.51. The van der Waals surface area contributed by atoms with Crippen molar-refractivity contribution < 1.29 is 19.1 Å². The smallest absolute Gasteiger partial charge is 0.325 e. The second-order valence-corrected chi connectivity index (χ2v) is 8.24. The normalized spacial score (nSPS) is 10.7. The average molecular weight is 452 g/mol. The maximum Gasteiger partial charge on any atom is 0.325 e. The molecule has 0 spiro atoms. The van der Waals surface area contributed by atoms with Crippen molar-refractivity contribution in [2.75, 3.05) is 18.0 Å². The van der Waals surface area contributed by atoms with Crippen LogP contribution in [0.25, 0.3) is 10.1 Å². The van der Waals surface area contributed by atoms with E-state index in [1.54, 1.807) is 5.38 Å². The highest BCUT2D eigenvalue weighted by molar-refractivity contribution is 7.21. The zero-order valence-electron chi connectivity index (χ0n) is 15.7. The molecule has 0 saturated carbocycles. The summed E-state index contributed by atoms with van der Waals surface area (Å²) < 4.78 is 6.05. The van der Waals surface area contributed by atoms with Crippen molar-refractivity contribution in [2.45, 2.75) is 20.5 Å². The summed E-state index contributed by atoms with van der Waals surface area (Å²) in [6.07, 6.45) is 0. The number of benzene rings is 1. The van der Waals surface area contributed by atoms with Gasteiger partial charge in [-0.1, -0.05) is 29.8 Å². The summed E-state index contributed by atoms with van der Waals surface area (Å²) in [7, 11) is 0. The molecule has 0 bridgehead atoms. The Morgan fingerprint density at radius 3 is 2.72 bits per heavy atom. The molecule has 152 valence electrons. The molecule has 0 atom stereocenters. The van der Waals surface area contributed by atoms with Gasteiger partial charge in [-0.15, -0.1) is 22.7 Å². The fraction of sp³-hybridized carbons (Fsp3) is 0.263. The van der Waals surface area contributed by atoms with E-state index in [4.69, 9.17) is 16.3 Å². The van der Waals surface area contributed by atoms with Crippen LogP contribution in [0.5, 0.6) is 0 Å². The van der Waals surface area contributed by atoms with Crippen LogP contribution in [0.3, 0.4) is 0 Å². The lowest BCUT2D eigenvalue weighted by Gasteiger charge is -2.14. The molecule has 0 radical (unpaired) electrons. The SMILES string of the molecule is CCN(C(C)=O)c1nc(COC(=O)CNC(=O)c2sc3ccccc3c2Cl)cs1. The van der Waals surface area contributed by atoms with Gasteiger partial charge in [-0.3, -0.25) is 19.3 Å². The second kappa shape index (κ2) is 9.34. The van der Waals surface area contributed by atoms with Gasteiger partial charge in [0.05, 0.1) is 10.7 Å². The van der Waals surface area contributed by atoms with Gasteiger partial charge in [-0.2, -0.15) is 0 Å².